The second-order valence-corrected chi connectivity index (χ2v) is 8.23. The van der Waals surface area contributed by atoms with Crippen molar-refractivity contribution >= 4 is 33.9 Å². The molecule has 2 aromatic heterocycles. The van der Waals surface area contributed by atoms with Crippen LogP contribution in [0.5, 0.6) is 5.75 Å². The Morgan fingerprint density at radius 2 is 1.74 bits per heavy atom. The number of hydrogen-bond acceptors (Lipinski definition) is 8. The fourth-order valence-electron chi connectivity index (χ4n) is 3.10. The van der Waals surface area contributed by atoms with Gasteiger partial charge < -0.3 is 14.8 Å². The number of amides is 1. The van der Waals surface area contributed by atoms with Crippen LogP contribution in [0.15, 0.2) is 59.4 Å². The number of nitrogens with zero attached hydrogens (tertiary/aromatic N) is 3. The fourth-order valence-corrected chi connectivity index (χ4v) is 3.96. The molecule has 1 N–H and O–H groups in total. The number of benzene rings is 2. The normalized spacial score (nSPS) is 10.8. The summed E-state index contributed by atoms with van der Waals surface area (Å²) < 4.78 is 11.9. The number of anilines is 1. The molecule has 1 amide bonds. The predicted octanol–water partition coefficient (Wildman–Crippen LogP) is 3.72. The standard InChI is InChI=1S/C24H22N4O5S/c1-3-20-27-28-21(29)13-18(26-24(28)34-20)14-33-23(31)16-5-9-17(10-6-16)25-22(30)15-7-11-19(12-8-15)32-4-2/h5-13H,3-4,14H2,1-2H3,(H,25,30). The van der Waals surface area contributed by atoms with Gasteiger partial charge in [-0.1, -0.05) is 18.3 Å². The summed E-state index contributed by atoms with van der Waals surface area (Å²) in [6.07, 6.45) is 0.703. The molecule has 2 aromatic carbocycles. The quantitative estimate of drug-likeness (QED) is 0.384. The molecular weight excluding hydrogens is 456 g/mol. The van der Waals surface area contributed by atoms with Crippen molar-refractivity contribution in [1.82, 2.24) is 14.6 Å². The molecule has 0 unspecified atom stereocenters. The maximum absolute atomic E-state index is 12.4. The molecule has 9 nitrogen and oxygen atoms in total. The van der Waals surface area contributed by atoms with E-state index in [1.165, 1.54) is 21.9 Å². The van der Waals surface area contributed by atoms with Gasteiger partial charge in [0, 0.05) is 17.3 Å². The minimum atomic E-state index is -0.565. The molecule has 0 radical (unpaired) electrons. The molecule has 0 bridgehead atoms. The van der Waals surface area contributed by atoms with Crippen LogP contribution in [0.4, 0.5) is 5.69 Å². The van der Waals surface area contributed by atoms with E-state index in [0.717, 1.165) is 5.01 Å². The summed E-state index contributed by atoms with van der Waals surface area (Å²) in [7, 11) is 0. The molecule has 0 spiro atoms. The Bertz CT molecular complexity index is 1380. The highest BCUT2D eigenvalue weighted by atomic mass is 32.1. The molecule has 0 saturated heterocycles. The van der Waals surface area contributed by atoms with Crippen LogP contribution >= 0.6 is 11.3 Å². The van der Waals surface area contributed by atoms with E-state index < -0.39 is 5.97 Å². The van der Waals surface area contributed by atoms with Gasteiger partial charge in [0.15, 0.2) is 0 Å². The van der Waals surface area contributed by atoms with Gasteiger partial charge in [0.2, 0.25) is 4.96 Å². The third-order valence-electron chi connectivity index (χ3n) is 4.80. The molecule has 0 fully saturated rings. The van der Waals surface area contributed by atoms with Crippen molar-refractivity contribution in [3.63, 3.8) is 0 Å². The highest BCUT2D eigenvalue weighted by Gasteiger charge is 2.12. The van der Waals surface area contributed by atoms with E-state index in [1.807, 2.05) is 13.8 Å². The zero-order valence-electron chi connectivity index (χ0n) is 18.6. The van der Waals surface area contributed by atoms with Gasteiger partial charge in [0.05, 0.1) is 17.9 Å². The number of esters is 1. The van der Waals surface area contributed by atoms with Crippen LogP contribution in [0.3, 0.4) is 0 Å². The first-order valence-electron chi connectivity index (χ1n) is 10.7. The van der Waals surface area contributed by atoms with Gasteiger partial charge >= 0.3 is 5.97 Å². The molecule has 4 aromatic rings. The topological polar surface area (TPSA) is 112 Å². The van der Waals surface area contributed by atoms with Crippen molar-refractivity contribution in [3.8, 4) is 5.75 Å². The summed E-state index contributed by atoms with van der Waals surface area (Å²) >= 11 is 1.32. The third kappa shape index (κ3) is 5.29. The van der Waals surface area contributed by atoms with E-state index in [0.29, 0.717) is 46.2 Å². The number of carbonyl (C=O) groups is 2. The van der Waals surface area contributed by atoms with E-state index in [4.69, 9.17) is 9.47 Å². The third-order valence-corrected chi connectivity index (χ3v) is 5.85. The van der Waals surface area contributed by atoms with Crippen LogP contribution in [0, 0.1) is 0 Å². The lowest BCUT2D eigenvalue weighted by Gasteiger charge is -2.08. The number of aryl methyl sites for hydroxylation is 1. The first-order valence-corrected chi connectivity index (χ1v) is 11.5. The van der Waals surface area contributed by atoms with Gasteiger partial charge in [0.1, 0.15) is 17.4 Å². The molecule has 0 atom stereocenters. The summed E-state index contributed by atoms with van der Waals surface area (Å²) in [4.78, 5) is 41.8. The largest absolute Gasteiger partial charge is 0.494 e. The first-order chi connectivity index (χ1) is 16.5. The Kier molecular flexibility index (Phi) is 6.98. The summed E-state index contributed by atoms with van der Waals surface area (Å²) in [6, 6.07) is 14.5. The molecule has 2 heterocycles. The van der Waals surface area contributed by atoms with E-state index >= 15 is 0 Å². The number of aromatic nitrogens is 3. The SMILES string of the molecule is CCOc1ccc(C(=O)Nc2ccc(C(=O)OCc3cc(=O)n4nc(CC)sc4n3)cc2)cc1. The minimum absolute atomic E-state index is 0.139. The first kappa shape index (κ1) is 23.1. The summed E-state index contributed by atoms with van der Waals surface area (Å²) in [5, 5.41) is 7.77. The summed E-state index contributed by atoms with van der Waals surface area (Å²) in [5.41, 5.74) is 1.36. The minimum Gasteiger partial charge on any atom is -0.494 e. The van der Waals surface area contributed by atoms with Gasteiger partial charge in [-0.15, -0.1) is 0 Å². The lowest BCUT2D eigenvalue weighted by molar-refractivity contribution is 0.0467. The number of ether oxygens (including phenoxy) is 2. The van der Waals surface area contributed by atoms with Crippen LogP contribution in [0.2, 0.25) is 0 Å². The average molecular weight is 479 g/mol. The van der Waals surface area contributed by atoms with Crippen LogP contribution < -0.4 is 15.6 Å². The number of rotatable bonds is 8. The highest BCUT2D eigenvalue weighted by Crippen LogP contribution is 2.16. The molecular formula is C24H22N4O5S. The van der Waals surface area contributed by atoms with Crippen LogP contribution in [-0.2, 0) is 17.8 Å². The molecule has 0 aliphatic carbocycles. The fraction of sp³-hybridized carbons (Fsp3) is 0.208. The summed E-state index contributed by atoms with van der Waals surface area (Å²) in [6.45, 7) is 4.25. The zero-order chi connectivity index (χ0) is 24.1. The van der Waals surface area contributed by atoms with Crippen molar-refractivity contribution in [2.24, 2.45) is 0 Å². The highest BCUT2D eigenvalue weighted by molar-refractivity contribution is 7.16. The van der Waals surface area contributed by atoms with Gasteiger partial charge in [-0.25, -0.2) is 9.78 Å². The van der Waals surface area contributed by atoms with Gasteiger partial charge in [-0.3, -0.25) is 9.59 Å². The zero-order valence-corrected chi connectivity index (χ0v) is 19.4. The monoisotopic (exact) mass is 478 g/mol. The van der Waals surface area contributed by atoms with E-state index in [1.54, 1.807) is 48.5 Å². The number of nitrogens with one attached hydrogen (secondary N) is 1. The van der Waals surface area contributed by atoms with Crippen LogP contribution in [-0.4, -0.2) is 33.1 Å². The molecule has 34 heavy (non-hydrogen) atoms. The number of hydrogen-bond donors (Lipinski definition) is 1. The second-order valence-electron chi connectivity index (χ2n) is 7.19. The van der Waals surface area contributed by atoms with Crippen molar-refractivity contribution < 1.29 is 19.1 Å². The number of fused-ring (bicyclic) bond motifs is 1. The Morgan fingerprint density at radius 1 is 1.03 bits per heavy atom. The van der Waals surface area contributed by atoms with E-state index in [9.17, 15) is 14.4 Å². The average Bonchev–Trinajstić information content (AvgIpc) is 3.28. The van der Waals surface area contributed by atoms with Gasteiger partial charge in [-0.05, 0) is 61.9 Å². The predicted molar refractivity (Wildman–Crippen MR) is 128 cm³/mol. The van der Waals surface area contributed by atoms with E-state index in [2.05, 4.69) is 15.4 Å². The van der Waals surface area contributed by atoms with Crippen molar-refractivity contribution in [2.75, 3.05) is 11.9 Å². The Labute approximate surface area is 199 Å². The molecule has 174 valence electrons. The van der Waals surface area contributed by atoms with Crippen molar-refractivity contribution in [1.29, 1.82) is 0 Å². The summed E-state index contributed by atoms with van der Waals surface area (Å²) in [5.74, 6) is -0.148. The second kappa shape index (κ2) is 10.3. The maximum atomic E-state index is 12.4. The lowest BCUT2D eigenvalue weighted by atomic mass is 10.1. The Balaban J connectivity index is 1.36. The smallest absolute Gasteiger partial charge is 0.338 e. The molecule has 0 aliphatic heterocycles. The lowest BCUT2D eigenvalue weighted by Crippen LogP contribution is -2.16. The van der Waals surface area contributed by atoms with Gasteiger partial charge in [-0.2, -0.15) is 9.61 Å². The van der Waals surface area contributed by atoms with E-state index in [-0.39, 0.29) is 18.1 Å². The maximum Gasteiger partial charge on any atom is 0.338 e. The molecule has 10 heteroatoms. The van der Waals surface area contributed by atoms with Crippen LogP contribution in [0.25, 0.3) is 4.96 Å². The van der Waals surface area contributed by atoms with Gasteiger partial charge in [0.25, 0.3) is 11.5 Å². The van der Waals surface area contributed by atoms with Crippen molar-refractivity contribution in [2.45, 2.75) is 26.9 Å². The number of carbonyl (C=O) groups excluding carboxylic acids is 2. The molecule has 4 rings (SSSR count). The Morgan fingerprint density at radius 3 is 2.41 bits per heavy atom. The Hall–Kier alpha value is -4.05. The molecule has 0 aliphatic rings. The van der Waals surface area contributed by atoms with Crippen LogP contribution in [0.1, 0.15) is 45.3 Å². The van der Waals surface area contributed by atoms with Crippen molar-refractivity contribution in [3.05, 3.63) is 86.8 Å². The molecule has 0 saturated carbocycles.